The lowest BCUT2D eigenvalue weighted by molar-refractivity contribution is -0.147. The van der Waals surface area contributed by atoms with Gasteiger partial charge in [-0.25, -0.2) is 0 Å². The molecule has 1 aliphatic heterocycles. The zero-order valence-corrected chi connectivity index (χ0v) is 16.2. The summed E-state index contributed by atoms with van der Waals surface area (Å²) in [6.07, 6.45) is 0.540. The first-order valence-corrected chi connectivity index (χ1v) is 9.40. The lowest BCUT2D eigenvalue weighted by Crippen LogP contribution is -2.57. The fourth-order valence-electron chi connectivity index (χ4n) is 2.77. The van der Waals surface area contributed by atoms with Crippen molar-refractivity contribution in [1.82, 2.24) is 10.2 Å². The van der Waals surface area contributed by atoms with E-state index >= 15 is 0 Å². The van der Waals surface area contributed by atoms with Gasteiger partial charge in [0.05, 0.1) is 25.2 Å². The molecule has 1 aromatic rings. The van der Waals surface area contributed by atoms with Crippen molar-refractivity contribution >= 4 is 17.8 Å². The van der Waals surface area contributed by atoms with Crippen LogP contribution in [0.15, 0.2) is 24.3 Å². The van der Waals surface area contributed by atoms with E-state index in [-0.39, 0.29) is 18.2 Å². The molecule has 148 valence electrons. The Kier molecular flexibility index (Phi) is 7.64. The van der Waals surface area contributed by atoms with Crippen molar-refractivity contribution in [3.8, 4) is 5.75 Å². The van der Waals surface area contributed by atoms with E-state index in [1.807, 2.05) is 20.8 Å². The van der Waals surface area contributed by atoms with Gasteiger partial charge in [0.15, 0.2) is 0 Å². The summed E-state index contributed by atoms with van der Waals surface area (Å²) >= 11 is 0. The molecule has 7 heteroatoms. The first-order chi connectivity index (χ1) is 12.9. The van der Waals surface area contributed by atoms with Gasteiger partial charge in [-0.1, -0.05) is 32.9 Å². The van der Waals surface area contributed by atoms with E-state index in [1.165, 1.54) is 4.90 Å². The molecule has 1 fully saturated rings. The van der Waals surface area contributed by atoms with Crippen LogP contribution < -0.4 is 10.1 Å². The van der Waals surface area contributed by atoms with Crippen LogP contribution in [-0.2, 0) is 14.3 Å². The number of rotatable bonds is 8. The number of hydrogen-bond donors (Lipinski definition) is 1. The molecule has 2 amide bonds. The van der Waals surface area contributed by atoms with Gasteiger partial charge < -0.3 is 19.7 Å². The number of para-hydroxylation sites is 1. The molecule has 0 aliphatic carbocycles. The van der Waals surface area contributed by atoms with E-state index in [1.54, 1.807) is 24.3 Å². The summed E-state index contributed by atoms with van der Waals surface area (Å²) in [5, 5.41) is 2.71. The smallest absolute Gasteiger partial charge is 0.308 e. The molecule has 0 bridgehead atoms. The number of hydrogen-bond acceptors (Lipinski definition) is 5. The van der Waals surface area contributed by atoms with Gasteiger partial charge in [0, 0.05) is 13.1 Å². The standard InChI is InChI=1S/C20H28N2O5/c1-4-11-26-18(23)12-16-19(24)21-9-10-22(16)20(25)15-7-5-6-8-17(15)27-13-14(2)3/h5-8,14,16H,4,9-13H2,1-3H3,(H,21,24). The maximum absolute atomic E-state index is 13.1. The fraction of sp³-hybridized carbons (Fsp3) is 0.550. The summed E-state index contributed by atoms with van der Waals surface area (Å²) in [6.45, 7) is 7.40. The molecule has 1 unspecified atom stereocenters. The van der Waals surface area contributed by atoms with E-state index in [0.29, 0.717) is 50.0 Å². The molecule has 1 N–H and O–H groups in total. The molecule has 0 saturated carbocycles. The molecular formula is C20H28N2O5. The van der Waals surface area contributed by atoms with Crippen molar-refractivity contribution in [2.45, 2.75) is 39.7 Å². The highest BCUT2D eigenvalue weighted by Crippen LogP contribution is 2.23. The number of carbonyl (C=O) groups excluding carboxylic acids is 3. The third-order valence-electron chi connectivity index (χ3n) is 4.11. The Morgan fingerprint density at radius 3 is 2.74 bits per heavy atom. The second-order valence-electron chi connectivity index (χ2n) is 6.93. The minimum absolute atomic E-state index is 0.160. The quantitative estimate of drug-likeness (QED) is 0.702. The van der Waals surface area contributed by atoms with Crippen LogP contribution in [-0.4, -0.2) is 55.0 Å². The monoisotopic (exact) mass is 376 g/mol. The van der Waals surface area contributed by atoms with Crippen LogP contribution in [0.1, 0.15) is 44.0 Å². The molecule has 0 aromatic heterocycles. The largest absolute Gasteiger partial charge is 0.492 e. The zero-order chi connectivity index (χ0) is 19.8. The molecule has 0 radical (unpaired) electrons. The summed E-state index contributed by atoms with van der Waals surface area (Å²) in [4.78, 5) is 38.9. The number of esters is 1. The van der Waals surface area contributed by atoms with Gasteiger partial charge in [0.25, 0.3) is 5.91 Å². The van der Waals surface area contributed by atoms with Gasteiger partial charge >= 0.3 is 5.97 Å². The predicted octanol–water partition coefficient (Wildman–Crippen LogP) is 2.01. The number of carbonyl (C=O) groups is 3. The molecule has 1 heterocycles. The van der Waals surface area contributed by atoms with Gasteiger partial charge in [-0.2, -0.15) is 0 Å². The maximum Gasteiger partial charge on any atom is 0.308 e. The summed E-state index contributed by atoms with van der Waals surface area (Å²) in [6, 6.07) is 6.09. The Bertz CT molecular complexity index is 674. The van der Waals surface area contributed by atoms with Crippen LogP contribution in [0.4, 0.5) is 0 Å². The van der Waals surface area contributed by atoms with E-state index in [9.17, 15) is 14.4 Å². The minimum Gasteiger partial charge on any atom is -0.492 e. The van der Waals surface area contributed by atoms with Crippen LogP contribution in [0, 0.1) is 5.92 Å². The van der Waals surface area contributed by atoms with Gasteiger partial charge in [0.1, 0.15) is 11.8 Å². The van der Waals surface area contributed by atoms with Crippen molar-refractivity contribution in [2.75, 3.05) is 26.3 Å². The highest BCUT2D eigenvalue weighted by Gasteiger charge is 2.36. The highest BCUT2D eigenvalue weighted by molar-refractivity contribution is 6.01. The van der Waals surface area contributed by atoms with Crippen molar-refractivity contribution in [3.63, 3.8) is 0 Å². The molecule has 1 atom stereocenters. The van der Waals surface area contributed by atoms with Crippen LogP contribution in [0.2, 0.25) is 0 Å². The zero-order valence-electron chi connectivity index (χ0n) is 16.2. The molecule has 2 rings (SSSR count). The Labute approximate surface area is 160 Å². The molecule has 1 aromatic carbocycles. The van der Waals surface area contributed by atoms with Crippen molar-refractivity contribution < 1.29 is 23.9 Å². The summed E-state index contributed by atoms with van der Waals surface area (Å²) in [7, 11) is 0. The number of benzene rings is 1. The van der Waals surface area contributed by atoms with Crippen LogP contribution in [0.3, 0.4) is 0 Å². The number of piperazine rings is 1. The average molecular weight is 376 g/mol. The molecule has 1 saturated heterocycles. The topological polar surface area (TPSA) is 84.9 Å². The van der Waals surface area contributed by atoms with Gasteiger partial charge in [0.2, 0.25) is 5.91 Å². The summed E-state index contributed by atoms with van der Waals surface area (Å²) in [5.41, 5.74) is 0.389. The Hall–Kier alpha value is -2.57. The Balaban J connectivity index is 2.19. The molecule has 7 nitrogen and oxygen atoms in total. The third kappa shape index (κ3) is 5.70. The number of amides is 2. The van der Waals surface area contributed by atoms with Crippen molar-refractivity contribution in [3.05, 3.63) is 29.8 Å². The second-order valence-corrected chi connectivity index (χ2v) is 6.93. The van der Waals surface area contributed by atoms with Crippen LogP contribution in [0.25, 0.3) is 0 Å². The van der Waals surface area contributed by atoms with E-state index < -0.39 is 12.0 Å². The summed E-state index contributed by atoms with van der Waals surface area (Å²) < 4.78 is 10.9. The lowest BCUT2D eigenvalue weighted by Gasteiger charge is -2.34. The van der Waals surface area contributed by atoms with Crippen molar-refractivity contribution in [2.24, 2.45) is 5.92 Å². The Morgan fingerprint density at radius 2 is 2.04 bits per heavy atom. The average Bonchev–Trinajstić information content (AvgIpc) is 2.66. The molecule has 0 spiro atoms. The number of nitrogens with one attached hydrogen (secondary N) is 1. The predicted molar refractivity (Wildman–Crippen MR) is 100 cm³/mol. The maximum atomic E-state index is 13.1. The normalized spacial score (nSPS) is 16.8. The van der Waals surface area contributed by atoms with E-state index in [0.717, 1.165) is 0 Å². The number of ether oxygens (including phenoxy) is 2. The molecule has 27 heavy (non-hydrogen) atoms. The molecule has 1 aliphatic rings. The van der Waals surface area contributed by atoms with E-state index in [4.69, 9.17) is 9.47 Å². The minimum atomic E-state index is -0.881. The van der Waals surface area contributed by atoms with Crippen LogP contribution >= 0.6 is 0 Å². The first-order valence-electron chi connectivity index (χ1n) is 9.40. The second kappa shape index (κ2) is 9.94. The summed E-state index contributed by atoms with van der Waals surface area (Å²) in [5.74, 6) is -0.355. The number of nitrogens with zero attached hydrogens (tertiary/aromatic N) is 1. The lowest BCUT2D eigenvalue weighted by atomic mass is 10.1. The molecular weight excluding hydrogens is 348 g/mol. The first kappa shape index (κ1) is 20.7. The van der Waals surface area contributed by atoms with Gasteiger partial charge in [-0.15, -0.1) is 0 Å². The van der Waals surface area contributed by atoms with Crippen LogP contribution in [0.5, 0.6) is 5.75 Å². The van der Waals surface area contributed by atoms with Gasteiger partial charge in [-0.3, -0.25) is 14.4 Å². The van der Waals surface area contributed by atoms with Gasteiger partial charge in [-0.05, 0) is 24.5 Å². The Morgan fingerprint density at radius 1 is 1.30 bits per heavy atom. The SMILES string of the molecule is CCCOC(=O)CC1C(=O)NCCN1C(=O)c1ccccc1OCC(C)C. The highest BCUT2D eigenvalue weighted by atomic mass is 16.5. The fourth-order valence-corrected chi connectivity index (χ4v) is 2.77. The van der Waals surface area contributed by atoms with Crippen molar-refractivity contribution in [1.29, 1.82) is 0 Å². The van der Waals surface area contributed by atoms with E-state index in [2.05, 4.69) is 5.32 Å². The third-order valence-corrected chi connectivity index (χ3v) is 4.11.